The van der Waals surface area contributed by atoms with E-state index in [9.17, 15) is 4.79 Å². The molecule has 106 valence electrons. The number of benzene rings is 1. The average molecular weight is 328 g/mol. The Bertz CT molecular complexity index is 415. The highest BCUT2D eigenvalue weighted by Crippen LogP contribution is 2.18. The van der Waals surface area contributed by atoms with E-state index in [1.807, 2.05) is 18.2 Å². The number of halogens is 1. The zero-order valence-corrected chi connectivity index (χ0v) is 13.4. The van der Waals surface area contributed by atoms with Crippen molar-refractivity contribution < 1.29 is 9.53 Å². The van der Waals surface area contributed by atoms with Crippen LogP contribution in [-0.4, -0.2) is 19.1 Å². The maximum atomic E-state index is 11.2. The number of nitrogens with one attached hydrogen (secondary N) is 1. The van der Waals surface area contributed by atoms with Gasteiger partial charge in [0.25, 0.3) is 0 Å². The number of hydrogen-bond donors (Lipinski definition) is 1. The van der Waals surface area contributed by atoms with Gasteiger partial charge in [-0.15, -0.1) is 17.0 Å². The Morgan fingerprint density at radius 2 is 1.89 bits per heavy atom. The van der Waals surface area contributed by atoms with Crippen LogP contribution in [0.5, 0.6) is 0 Å². The van der Waals surface area contributed by atoms with Crippen molar-refractivity contribution in [2.45, 2.75) is 26.3 Å². The van der Waals surface area contributed by atoms with E-state index in [2.05, 4.69) is 37.9 Å². The van der Waals surface area contributed by atoms with Crippen molar-refractivity contribution in [1.29, 1.82) is 0 Å². The van der Waals surface area contributed by atoms with Gasteiger partial charge >= 0.3 is 5.97 Å². The molecule has 1 N–H and O–H groups in total. The third kappa shape index (κ3) is 6.03. The predicted molar refractivity (Wildman–Crippen MR) is 83.6 cm³/mol. The first kappa shape index (κ1) is 17.9. The molecule has 0 aromatic heterocycles. The lowest BCUT2D eigenvalue weighted by molar-refractivity contribution is -0.138. The highest BCUT2D eigenvalue weighted by atomic mass is 79.9. The average Bonchev–Trinajstić information content (AvgIpc) is 2.35. The van der Waals surface area contributed by atoms with Crippen molar-refractivity contribution in [3.8, 4) is 0 Å². The van der Waals surface area contributed by atoms with Crippen LogP contribution in [-0.2, 0) is 15.1 Å². The van der Waals surface area contributed by atoms with Gasteiger partial charge in [0.05, 0.1) is 0 Å². The third-order valence-corrected chi connectivity index (χ3v) is 2.75. The molecule has 0 bridgehead atoms. The molecule has 1 aromatic carbocycles. The zero-order valence-electron chi connectivity index (χ0n) is 11.7. The molecule has 0 aliphatic carbocycles. The Labute approximate surface area is 125 Å². The quantitative estimate of drug-likeness (QED) is 0.495. The fourth-order valence-corrected chi connectivity index (χ4v) is 1.59. The second-order valence-electron chi connectivity index (χ2n) is 4.83. The number of carbonyl (C=O) groups is 1. The van der Waals surface area contributed by atoms with Crippen LogP contribution in [0, 0.1) is 0 Å². The summed E-state index contributed by atoms with van der Waals surface area (Å²) in [6, 6.07) is 10.2. The fourth-order valence-electron chi connectivity index (χ4n) is 1.59. The summed E-state index contributed by atoms with van der Waals surface area (Å²) in [5.41, 5.74) is 1.49. The standard InChI is InChI=1S/C15H21NO2.BrH/c1-12(2)14(17)18-11-10-16-15(3,4)13-8-6-5-7-9-13;/h5-9,16H,1,10-11H2,2-4H3;1H. The lowest BCUT2D eigenvalue weighted by atomic mass is 9.94. The van der Waals surface area contributed by atoms with Gasteiger partial charge in [0, 0.05) is 17.7 Å². The van der Waals surface area contributed by atoms with E-state index in [4.69, 9.17) is 4.74 Å². The van der Waals surface area contributed by atoms with Crippen LogP contribution < -0.4 is 5.32 Å². The van der Waals surface area contributed by atoms with Gasteiger partial charge < -0.3 is 10.1 Å². The molecular weight excluding hydrogens is 306 g/mol. The summed E-state index contributed by atoms with van der Waals surface area (Å²) in [6.07, 6.45) is 0. The fraction of sp³-hybridized carbons (Fsp3) is 0.400. The van der Waals surface area contributed by atoms with E-state index >= 15 is 0 Å². The molecule has 4 heteroatoms. The van der Waals surface area contributed by atoms with Crippen LogP contribution in [0.4, 0.5) is 0 Å². The third-order valence-electron chi connectivity index (χ3n) is 2.75. The van der Waals surface area contributed by atoms with Gasteiger partial charge in [-0.05, 0) is 26.3 Å². The minimum atomic E-state index is -0.339. The second kappa shape index (κ2) is 8.12. The molecule has 0 aliphatic rings. The van der Waals surface area contributed by atoms with Crippen LogP contribution in [0.3, 0.4) is 0 Å². The molecule has 0 fully saturated rings. The first-order valence-electron chi connectivity index (χ1n) is 6.06. The van der Waals surface area contributed by atoms with Crippen molar-refractivity contribution in [2.24, 2.45) is 0 Å². The first-order chi connectivity index (χ1) is 8.43. The maximum Gasteiger partial charge on any atom is 0.333 e. The summed E-state index contributed by atoms with van der Waals surface area (Å²) in [4.78, 5) is 11.2. The summed E-state index contributed by atoms with van der Waals surface area (Å²) in [6.45, 7) is 10.3. The van der Waals surface area contributed by atoms with E-state index < -0.39 is 0 Å². The molecule has 1 rings (SSSR count). The van der Waals surface area contributed by atoms with Crippen molar-refractivity contribution in [3.63, 3.8) is 0 Å². The Hall–Kier alpha value is -1.13. The van der Waals surface area contributed by atoms with E-state index in [1.165, 1.54) is 5.56 Å². The van der Waals surface area contributed by atoms with E-state index in [1.54, 1.807) is 6.92 Å². The molecule has 0 spiro atoms. The van der Waals surface area contributed by atoms with Crippen molar-refractivity contribution in [2.75, 3.05) is 13.2 Å². The maximum absolute atomic E-state index is 11.2. The van der Waals surface area contributed by atoms with Gasteiger partial charge in [0.1, 0.15) is 6.61 Å². The minimum Gasteiger partial charge on any atom is -0.461 e. The van der Waals surface area contributed by atoms with Gasteiger partial charge in [-0.25, -0.2) is 4.79 Å². The Morgan fingerprint density at radius 1 is 1.32 bits per heavy atom. The van der Waals surface area contributed by atoms with Crippen molar-refractivity contribution in [3.05, 3.63) is 48.0 Å². The molecule has 0 heterocycles. The number of rotatable bonds is 6. The van der Waals surface area contributed by atoms with Gasteiger partial charge in [-0.3, -0.25) is 0 Å². The molecule has 0 amide bonds. The van der Waals surface area contributed by atoms with Crippen LogP contribution in [0.15, 0.2) is 42.5 Å². The number of esters is 1. The van der Waals surface area contributed by atoms with E-state index in [0.29, 0.717) is 18.7 Å². The van der Waals surface area contributed by atoms with Crippen LogP contribution in [0.1, 0.15) is 26.3 Å². The lowest BCUT2D eigenvalue weighted by Crippen LogP contribution is -2.38. The van der Waals surface area contributed by atoms with Crippen molar-refractivity contribution in [1.82, 2.24) is 5.32 Å². The lowest BCUT2D eigenvalue weighted by Gasteiger charge is -2.27. The summed E-state index contributed by atoms with van der Waals surface area (Å²) < 4.78 is 5.03. The largest absolute Gasteiger partial charge is 0.461 e. The normalized spacial score (nSPS) is 10.5. The summed E-state index contributed by atoms with van der Waals surface area (Å²) >= 11 is 0. The van der Waals surface area contributed by atoms with Crippen molar-refractivity contribution >= 4 is 23.0 Å². The molecule has 0 unspecified atom stereocenters. The first-order valence-corrected chi connectivity index (χ1v) is 6.06. The molecule has 0 atom stereocenters. The van der Waals surface area contributed by atoms with Gasteiger partial charge in [0.2, 0.25) is 0 Å². The Kier molecular flexibility index (Phi) is 7.64. The summed E-state index contributed by atoms with van der Waals surface area (Å²) in [5, 5.41) is 3.36. The topological polar surface area (TPSA) is 38.3 Å². The molecular formula is C15H22BrNO2. The number of carbonyl (C=O) groups excluding carboxylic acids is 1. The van der Waals surface area contributed by atoms with Crippen LogP contribution >= 0.6 is 17.0 Å². The Morgan fingerprint density at radius 3 is 2.42 bits per heavy atom. The summed E-state index contributed by atoms with van der Waals surface area (Å²) in [5.74, 6) is -0.339. The predicted octanol–water partition coefficient (Wildman–Crippen LogP) is 3.21. The van der Waals surface area contributed by atoms with Crippen LogP contribution in [0.2, 0.25) is 0 Å². The van der Waals surface area contributed by atoms with Crippen LogP contribution in [0.25, 0.3) is 0 Å². The van der Waals surface area contributed by atoms with E-state index in [0.717, 1.165) is 0 Å². The molecule has 1 aromatic rings. The van der Waals surface area contributed by atoms with E-state index in [-0.39, 0.29) is 28.5 Å². The summed E-state index contributed by atoms with van der Waals surface area (Å²) in [7, 11) is 0. The van der Waals surface area contributed by atoms with Gasteiger partial charge in [0.15, 0.2) is 0 Å². The smallest absolute Gasteiger partial charge is 0.333 e. The Balaban J connectivity index is 0.00000324. The van der Waals surface area contributed by atoms with Gasteiger partial charge in [-0.2, -0.15) is 0 Å². The monoisotopic (exact) mass is 327 g/mol. The molecule has 3 nitrogen and oxygen atoms in total. The SMILES string of the molecule is Br.C=C(C)C(=O)OCCNC(C)(C)c1ccccc1. The molecule has 0 saturated heterocycles. The number of ether oxygens (including phenoxy) is 1. The second-order valence-corrected chi connectivity index (χ2v) is 4.83. The molecule has 0 aliphatic heterocycles. The van der Waals surface area contributed by atoms with Gasteiger partial charge in [-0.1, -0.05) is 36.9 Å². The minimum absolute atomic E-state index is 0. The molecule has 0 radical (unpaired) electrons. The highest BCUT2D eigenvalue weighted by Gasteiger charge is 2.18. The highest BCUT2D eigenvalue weighted by molar-refractivity contribution is 8.93. The zero-order chi connectivity index (χ0) is 13.6. The molecule has 0 saturated carbocycles. The molecule has 19 heavy (non-hydrogen) atoms. The number of hydrogen-bond acceptors (Lipinski definition) is 3.